The largest absolute Gasteiger partial charge is 0.478 e. The van der Waals surface area contributed by atoms with Crippen LogP contribution in [0, 0.1) is 0 Å². The van der Waals surface area contributed by atoms with Crippen molar-refractivity contribution in [3.8, 4) is 0 Å². The number of carboxylic acids is 1. The lowest BCUT2D eigenvalue weighted by Gasteiger charge is -1.97. The van der Waals surface area contributed by atoms with Gasteiger partial charge in [-0.25, -0.2) is 9.59 Å². The highest BCUT2D eigenvalue weighted by molar-refractivity contribution is 5.85. The fraction of sp³-hybridized carbons (Fsp3) is 0.611. The number of ether oxygens (including phenoxy) is 2. The molecule has 138 valence electrons. The van der Waals surface area contributed by atoms with Gasteiger partial charge in [-0.1, -0.05) is 26.0 Å². The molecule has 0 amide bonds. The third-order valence-electron chi connectivity index (χ3n) is 2.97. The molecule has 1 aliphatic rings. The van der Waals surface area contributed by atoms with Gasteiger partial charge in [0, 0.05) is 18.1 Å². The molecule has 1 heterocycles. The van der Waals surface area contributed by atoms with Crippen LogP contribution in [0.2, 0.25) is 0 Å². The van der Waals surface area contributed by atoms with Crippen LogP contribution in [-0.4, -0.2) is 36.2 Å². The molecule has 0 radical (unpaired) electrons. The Hall–Kier alpha value is -2.11. The molecule has 6 nitrogen and oxygen atoms in total. The van der Waals surface area contributed by atoms with Crippen molar-refractivity contribution in [2.24, 2.45) is 0 Å². The van der Waals surface area contributed by atoms with Crippen LogP contribution in [-0.2, 0) is 23.9 Å². The van der Waals surface area contributed by atoms with Crippen LogP contribution in [0.4, 0.5) is 0 Å². The summed E-state index contributed by atoms with van der Waals surface area (Å²) in [7, 11) is 0. The standard InChI is InChI=1S/C7H12O2.C6H10O2.C5H8O2/c1-3-5-6-9-7(8)4-2;7-6-4-2-1-3-5-8-6;1-3-4(2)5(6)7/h4H,2-3,5-6H2,1H3;1-5H2;3H,1-2H3,(H,6,7). The fourth-order valence-corrected chi connectivity index (χ4v) is 1.31. The molecule has 1 N–H and O–H groups in total. The normalized spacial score (nSPS) is 13.8. The van der Waals surface area contributed by atoms with Gasteiger partial charge in [-0.15, -0.1) is 0 Å². The SMILES string of the molecule is C=CC(=O)OCCCC.CC=C(C)C(=O)O.O=C1CCCCCO1. The Morgan fingerprint density at radius 1 is 1.33 bits per heavy atom. The van der Waals surface area contributed by atoms with Crippen LogP contribution in [0.3, 0.4) is 0 Å². The minimum absolute atomic E-state index is 0.0255. The molecule has 0 aromatic carbocycles. The number of aliphatic carboxylic acids is 1. The lowest BCUT2D eigenvalue weighted by Crippen LogP contribution is -2.00. The van der Waals surface area contributed by atoms with E-state index < -0.39 is 5.97 Å². The Bertz CT molecular complexity index is 402. The van der Waals surface area contributed by atoms with Crippen LogP contribution in [0.5, 0.6) is 0 Å². The van der Waals surface area contributed by atoms with Crippen LogP contribution in [0.1, 0.15) is 59.3 Å². The summed E-state index contributed by atoms with van der Waals surface area (Å²) in [6.07, 6.45) is 8.54. The number of carbonyl (C=O) groups is 3. The quantitative estimate of drug-likeness (QED) is 0.466. The Labute approximate surface area is 144 Å². The topological polar surface area (TPSA) is 89.9 Å². The number of carboxylic acid groups (broad SMARTS) is 1. The molecule has 1 saturated heterocycles. The summed E-state index contributed by atoms with van der Waals surface area (Å²) < 4.78 is 9.44. The first kappa shape index (κ1) is 24.1. The van der Waals surface area contributed by atoms with Gasteiger partial charge in [-0.2, -0.15) is 0 Å². The summed E-state index contributed by atoms with van der Waals surface area (Å²) in [4.78, 5) is 30.7. The third kappa shape index (κ3) is 17.9. The zero-order valence-corrected chi connectivity index (χ0v) is 15.0. The Balaban J connectivity index is 0. The lowest BCUT2D eigenvalue weighted by molar-refractivity contribution is -0.142. The predicted octanol–water partition coefficient (Wildman–Crippen LogP) is 3.66. The zero-order valence-electron chi connectivity index (χ0n) is 15.0. The van der Waals surface area contributed by atoms with E-state index in [1.165, 1.54) is 6.08 Å². The van der Waals surface area contributed by atoms with E-state index in [-0.39, 0.29) is 11.9 Å². The van der Waals surface area contributed by atoms with Crippen molar-refractivity contribution >= 4 is 17.9 Å². The molecule has 0 aromatic heterocycles. The van der Waals surface area contributed by atoms with Gasteiger partial charge in [0.05, 0.1) is 13.2 Å². The first-order chi connectivity index (χ1) is 11.4. The first-order valence-corrected chi connectivity index (χ1v) is 8.20. The van der Waals surface area contributed by atoms with Crippen molar-refractivity contribution in [1.29, 1.82) is 0 Å². The average Bonchev–Trinajstić information content (AvgIpc) is 2.82. The van der Waals surface area contributed by atoms with Gasteiger partial charge in [0.1, 0.15) is 0 Å². The number of rotatable bonds is 5. The number of unbranched alkanes of at least 4 members (excludes halogenated alkanes) is 1. The molecule has 0 spiro atoms. The van der Waals surface area contributed by atoms with Gasteiger partial charge < -0.3 is 14.6 Å². The highest BCUT2D eigenvalue weighted by Gasteiger charge is 2.05. The highest BCUT2D eigenvalue weighted by atomic mass is 16.5. The minimum atomic E-state index is -0.845. The molecule has 0 aliphatic carbocycles. The summed E-state index contributed by atoms with van der Waals surface area (Å²) in [6.45, 7) is 9.72. The van der Waals surface area contributed by atoms with E-state index in [0.717, 1.165) is 32.1 Å². The number of esters is 2. The van der Waals surface area contributed by atoms with E-state index in [1.807, 2.05) is 6.92 Å². The molecule has 0 aromatic rings. The van der Waals surface area contributed by atoms with Gasteiger partial charge in [0.25, 0.3) is 0 Å². The van der Waals surface area contributed by atoms with Crippen molar-refractivity contribution in [3.05, 3.63) is 24.3 Å². The average molecular weight is 342 g/mol. The van der Waals surface area contributed by atoms with E-state index in [9.17, 15) is 14.4 Å². The molecule has 1 rings (SSSR count). The van der Waals surface area contributed by atoms with E-state index in [0.29, 0.717) is 25.2 Å². The second-order valence-corrected chi connectivity index (χ2v) is 5.03. The Kier molecular flexibility index (Phi) is 17.4. The summed E-state index contributed by atoms with van der Waals surface area (Å²) in [5.41, 5.74) is 0.389. The molecule has 1 fully saturated rings. The Morgan fingerprint density at radius 2 is 2.00 bits per heavy atom. The van der Waals surface area contributed by atoms with Crippen molar-refractivity contribution in [1.82, 2.24) is 0 Å². The lowest BCUT2D eigenvalue weighted by atomic mass is 10.2. The second kappa shape index (κ2) is 17.2. The highest BCUT2D eigenvalue weighted by Crippen LogP contribution is 2.06. The Morgan fingerprint density at radius 3 is 2.46 bits per heavy atom. The number of cyclic esters (lactones) is 1. The van der Waals surface area contributed by atoms with Gasteiger partial charge in [-0.3, -0.25) is 4.79 Å². The molecule has 0 atom stereocenters. The summed E-state index contributed by atoms with van der Waals surface area (Å²) in [5, 5.41) is 8.11. The number of carbonyl (C=O) groups excluding carboxylic acids is 2. The van der Waals surface area contributed by atoms with Crippen molar-refractivity contribution in [2.75, 3.05) is 13.2 Å². The van der Waals surface area contributed by atoms with E-state index in [4.69, 9.17) is 9.84 Å². The van der Waals surface area contributed by atoms with Crippen LogP contribution in [0.25, 0.3) is 0 Å². The fourth-order valence-electron chi connectivity index (χ4n) is 1.31. The molecule has 6 heteroatoms. The van der Waals surface area contributed by atoms with Crippen molar-refractivity contribution < 1.29 is 29.0 Å². The van der Waals surface area contributed by atoms with Gasteiger partial charge >= 0.3 is 17.9 Å². The number of allylic oxidation sites excluding steroid dienone is 1. The van der Waals surface area contributed by atoms with Crippen LogP contribution < -0.4 is 0 Å². The van der Waals surface area contributed by atoms with Gasteiger partial charge in [-0.05, 0) is 39.5 Å². The second-order valence-electron chi connectivity index (χ2n) is 5.03. The monoisotopic (exact) mass is 342 g/mol. The third-order valence-corrected chi connectivity index (χ3v) is 2.97. The van der Waals surface area contributed by atoms with Crippen molar-refractivity contribution in [2.45, 2.75) is 59.3 Å². The molecular weight excluding hydrogens is 312 g/mol. The van der Waals surface area contributed by atoms with E-state index >= 15 is 0 Å². The maximum atomic E-state index is 10.5. The summed E-state index contributed by atoms with van der Waals surface area (Å²) in [5.74, 6) is -1.20. The molecule has 0 bridgehead atoms. The summed E-state index contributed by atoms with van der Waals surface area (Å²) in [6, 6.07) is 0. The zero-order chi connectivity index (χ0) is 18.8. The minimum Gasteiger partial charge on any atom is -0.478 e. The maximum Gasteiger partial charge on any atom is 0.330 e. The molecule has 24 heavy (non-hydrogen) atoms. The smallest absolute Gasteiger partial charge is 0.330 e. The first-order valence-electron chi connectivity index (χ1n) is 8.20. The number of hydrogen-bond acceptors (Lipinski definition) is 5. The molecule has 0 saturated carbocycles. The van der Waals surface area contributed by atoms with E-state index in [2.05, 4.69) is 11.3 Å². The summed E-state index contributed by atoms with van der Waals surface area (Å²) >= 11 is 0. The molecule has 1 aliphatic heterocycles. The predicted molar refractivity (Wildman–Crippen MR) is 92.6 cm³/mol. The van der Waals surface area contributed by atoms with Crippen molar-refractivity contribution in [3.63, 3.8) is 0 Å². The molecular formula is C18H30O6. The molecule has 0 unspecified atom stereocenters. The number of hydrogen-bond donors (Lipinski definition) is 1. The van der Waals surface area contributed by atoms with Gasteiger partial charge in [0.15, 0.2) is 0 Å². The van der Waals surface area contributed by atoms with E-state index in [1.54, 1.807) is 19.9 Å². The maximum absolute atomic E-state index is 10.5. The van der Waals surface area contributed by atoms with Crippen LogP contribution >= 0.6 is 0 Å². The van der Waals surface area contributed by atoms with Gasteiger partial charge in [0.2, 0.25) is 0 Å². The van der Waals surface area contributed by atoms with Crippen LogP contribution in [0.15, 0.2) is 24.3 Å².